The van der Waals surface area contributed by atoms with Crippen LogP contribution in [-0.4, -0.2) is 7.05 Å². The van der Waals surface area contributed by atoms with Gasteiger partial charge in [-0.15, -0.1) is 0 Å². The number of nitrogens with one attached hydrogen (secondary N) is 1. The molecule has 0 saturated heterocycles. The Morgan fingerprint density at radius 1 is 1.41 bits per heavy atom. The number of rotatable bonds is 4. The maximum atomic E-state index is 13.8. The topological polar surface area (TPSA) is 25.2 Å². The molecule has 0 radical (unpaired) electrons. The maximum absolute atomic E-state index is 13.8. The van der Waals surface area contributed by atoms with Crippen LogP contribution >= 0.6 is 15.9 Å². The van der Waals surface area contributed by atoms with E-state index in [-0.39, 0.29) is 11.9 Å². The zero-order chi connectivity index (χ0) is 12.3. The zero-order valence-corrected chi connectivity index (χ0v) is 11.0. The summed E-state index contributed by atoms with van der Waals surface area (Å²) in [6.45, 7) is 0. The third-order valence-electron chi connectivity index (χ3n) is 2.70. The van der Waals surface area contributed by atoms with Crippen LogP contribution in [0.25, 0.3) is 0 Å². The van der Waals surface area contributed by atoms with Gasteiger partial charge in [-0.2, -0.15) is 0 Å². The van der Waals surface area contributed by atoms with Gasteiger partial charge in [-0.3, -0.25) is 0 Å². The maximum Gasteiger partial charge on any atom is 0.128 e. The predicted molar refractivity (Wildman–Crippen MR) is 68.3 cm³/mol. The summed E-state index contributed by atoms with van der Waals surface area (Å²) in [4.78, 5) is 0. The molecule has 1 N–H and O–H groups in total. The molecule has 0 fully saturated rings. The molecule has 17 heavy (non-hydrogen) atoms. The highest BCUT2D eigenvalue weighted by Gasteiger charge is 2.15. The van der Waals surface area contributed by atoms with Crippen LogP contribution in [0.5, 0.6) is 0 Å². The molecule has 0 spiro atoms. The molecule has 90 valence electrons. The second-order valence-corrected chi connectivity index (χ2v) is 4.76. The number of halogens is 2. The Hall–Kier alpha value is -1.13. The Labute approximate surface area is 108 Å². The fourth-order valence-electron chi connectivity index (χ4n) is 1.79. The summed E-state index contributed by atoms with van der Waals surface area (Å²) in [5.41, 5.74) is 1.70. The van der Waals surface area contributed by atoms with Crippen LogP contribution in [0.1, 0.15) is 17.2 Å². The first-order chi connectivity index (χ1) is 8.20. The van der Waals surface area contributed by atoms with Crippen molar-refractivity contribution < 1.29 is 8.81 Å². The summed E-state index contributed by atoms with van der Waals surface area (Å²) in [5, 5.41) is 3.12. The minimum Gasteiger partial charge on any atom is -0.472 e. The molecule has 2 aromatic rings. The summed E-state index contributed by atoms with van der Waals surface area (Å²) in [6.07, 6.45) is 4.00. The third-order valence-corrected chi connectivity index (χ3v) is 3.20. The minimum atomic E-state index is -0.198. The molecule has 1 atom stereocenters. The van der Waals surface area contributed by atoms with Crippen molar-refractivity contribution in [2.45, 2.75) is 12.5 Å². The van der Waals surface area contributed by atoms with E-state index in [1.807, 2.05) is 13.1 Å². The largest absolute Gasteiger partial charge is 0.472 e. The van der Waals surface area contributed by atoms with Gasteiger partial charge in [0, 0.05) is 16.1 Å². The lowest BCUT2D eigenvalue weighted by molar-refractivity contribution is 0.525. The molecule has 0 amide bonds. The van der Waals surface area contributed by atoms with Gasteiger partial charge < -0.3 is 9.73 Å². The molecule has 0 saturated carbocycles. The molecular formula is C13H13BrFNO. The SMILES string of the molecule is CNC(Cc1ccoc1)c1cc(Br)ccc1F. The van der Waals surface area contributed by atoms with Crippen molar-refractivity contribution >= 4 is 15.9 Å². The third kappa shape index (κ3) is 2.96. The number of benzene rings is 1. The highest BCUT2D eigenvalue weighted by molar-refractivity contribution is 9.10. The highest BCUT2D eigenvalue weighted by Crippen LogP contribution is 2.24. The summed E-state index contributed by atoms with van der Waals surface area (Å²) in [6, 6.07) is 6.80. The van der Waals surface area contributed by atoms with E-state index >= 15 is 0 Å². The van der Waals surface area contributed by atoms with E-state index in [1.54, 1.807) is 24.7 Å². The first kappa shape index (κ1) is 12.3. The highest BCUT2D eigenvalue weighted by atomic mass is 79.9. The first-order valence-electron chi connectivity index (χ1n) is 5.34. The average molecular weight is 298 g/mol. The molecule has 2 rings (SSSR count). The van der Waals surface area contributed by atoms with Gasteiger partial charge >= 0.3 is 0 Å². The molecule has 4 heteroatoms. The fourth-order valence-corrected chi connectivity index (χ4v) is 2.17. The summed E-state index contributed by atoms with van der Waals surface area (Å²) < 4.78 is 19.6. The molecule has 1 heterocycles. The summed E-state index contributed by atoms with van der Waals surface area (Å²) in [7, 11) is 1.82. The van der Waals surface area contributed by atoms with Crippen molar-refractivity contribution in [3.05, 3.63) is 58.2 Å². The molecule has 1 unspecified atom stereocenters. The molecule has 0 aliphatic rings. The van der Waals surface area contributed by atoms with Crippen molar-refractivity contribution in [3.63, 3.8) is 0 Å². The summed E-state index contributed by atoms with van der Waals surface area (Å²) in [5.74, 6) is -0.198. The van der Waals surface area contributed by atoms with Gasteiger partial charge in [-0.1, -0.05) is 15.9 Å². The molecule has 2 nitrogen and oxygen atoms in total. The van der Waals surface area contributed by atoms with Crippen LogP contribution in [0.2, 0.25) is 0 Å². The number of likely N-dealkylation sites (N-methyl/N-ethyl adjacent to an activating group) is 1. The Morgan fingerprint density at radius 3 is 2.88 bits per heavy atom. The molecular weight excluding hydrogens is 285 g/mol. The number of furan rings is 1. The van der Waals surface area contributed by atoms with Crippen molar-refractivity contribution in [2.75, 3.05) is 7.05 Å². The van der Waals surface area contributed by atoms with E-state index in [9.17, 15) is 4.39 Å². The van der Waals surface area contributed by atoms with Crippen molar-refractivity contribution in [1.29, 1.82) is 0 Å². The second kappa shape index (κ2) is 5.47. The smallest absolute Gasteiger partial charge is 0.128 e. The lowest BCUT2D eigenvalue weighted by atomic mass is 10.0. The van der Waals surface area contributed by atoms with Gasteiger partial charge in [0.25, 0.3) is 0 Å². The van der Waals surface area contributed by atoms with E-state index in [0.717, 1.165) is 10.0 Å². The zero-order valence-electron chi connectivity index (χ0n) is 9.41. The van der Waals surface area contributed by atoms with Gasteiger partial charge in [0.2, 0.25) is 0 Å². The molecule has 1 aromatic carbocycles. The van der Waals surface area contributed by atoms with Gasteiger partial charge in [0.15, 0.2) is 0 Å². The van der Waals surface area contributed by atoms with Crippen LogP contribution in [0.15, 0.2) is 45.7 Å². The van der Waals surface area contributed by atoms with Crippen molar-refractivity contribution in [2.24, 2.45) is 0 Å². The van der Waals surface area contributed by atoms with Crippen LogP contribution in [-0.2, 0) is 6.42 Å². The monoisotopic (exact) mass is 297 g/mol. The first-order valence-corrected chi connectivity index (χ1v) is 6.13. The van der Waals surface area contributed by atoms with Gasteiger partial charge in [-0.05, 0) is 43.3 Å². The lowest BCUT2D eigenvalue weighted by Crippen LogP contribution is -2.19. The van der Waals surface area contributed by atoms with E-state index in [4.69, 9.17) is 4.42 Å². The number of hydrogen-bond acceptors (Lipinski definition) is 2. The van der Waals surface area contributed by atoms with E-state index in [2.05, 4.69) is 21.2 Å². The quantitative estimate of drug-likeness (QED) is 0.931. The van der Waals surface area contributed by atoms with Crippen LogP contribution < -0.4 is 5.32 Å². The van der Waals surface area contributed by atoms with Crippen LogP contribution in [0.3, 0.4) is 0 Å². The molecule has 0 bridgehead atoms. The lowest BCUT2D eigenvalue weighted by Gasteiger charge is -2.16. The minimum absolute atomic E-state index is 0.0647. The van der Waals surface area contributed by atoms with E-state index in [0.29, 0.717) is 12.0 Å². The molecule has 0 aliphatic carbocycles. The van der Waals surface area contributed by atoms with Crippen LogP contribution in [0, 0.1) is 5.82 Å². The number of hydrogen-bond donors (Lipinski definition) is 1. The van der Waals surface area contributed by atoms with Gasteiger partial charge in [-0.25, -0.2) is 4.39 Å². The van der Waals surface area contributed by atoms with Gasteiger partial charge in [0.05, 0.1) is 12.5 Å². The van der Waals surface area contributed by atoms with Crippen molar-refractivity contribution in [1.82, 2.24) is 5.32 Å². The second-order valence-electron chi connectivity index (χ2n) is 3.84. The Bertz CT molecular complexity index is 484. The van der Waals surface area contributed by atoms with E-state index < -0.39 is 0 Å². The van der Waals surface area contributed by atoms with Crippen molar-refractivity contribution in [3.8, 4) is 0 Å². The normalized spacial score (nSPS) is 12.6. The van der Waals surface area contributed by atoms with E-state index in [1.165, 1.54) is 6.07 Å². The Morgan fingerprint density at radius 2 is 2.24 bits per heavy atom. The molecule has 0 aliphatic heterocycles. The standard InChI is InChI=1S/C13H13BrFNO/c1-16-13(6-9-4-5-17-8-9)11-7-10(14)2-3-12(11)15/h2-5,7-8,13,16H,6H2,1H3. The summed E-state index contributed by atoms with van der Waals surface area (Å²) >= 11 is 3.36. The predicted octanol–water partition coefficient (Wildman–Crippen LogP) is 3.68. The fraction of sp³-hybridized carbons (Fsp3) is 0.231. The average Bonchev–Trinajstić information content (AvgIpc) is 2.82. The van der Waals surface area contributed by atoms with Crippen LogP contribution in [0.4, 0.5) is 4.39 Å². The molecule has 1 aromatic heterocycles. The van der Waals surface area contributed by atoms with Gasteiger partial charge in [0.1, 0.15) is 5.82 Å². The Kier molecular flexibility index (Phi) is 3.97. The Balaban J connectivity index is 2.25.